The van der Waals surface area contributed by atoms with Gasteiger partial charge in [-0.25, -0.2) is 9.59 Å². The van der Waals surface area contributed by atoms with Crippen molar-refractivity contribution in [3.8, 4) is 0 Å². The molecule has 8 nitrogen and oxygen atoms in total. The normalized spacial score (nSPS) is 20.0. The van der Waals surface area contributed by atoms with Gasteiger partial charge in [0.2, 0.25) is 5.91 Å². The molecule has 0 bridgehead atoms. The van der Waals surface area contributed by atoms with Gasteiger partial charge in [-0.1, -0.05) is 54.6 Å². The van der Waals surface area contributed by atoms with Crippen LogP contribution < -0.4 is 5.32 Å². The maximum absolute atomic E-state index is 13.2. The second-order valence-corrected chi connectivity index (χ2v) is 9.91. The number of nitrogens with zero attached hydrogens (tertiary/aromatic N) is 1. The van der Waals surface area contributed by atoms with Crippen LogP contribution in [0, 0.1) is 0 Å². The molecule has 2 amide bonds. The Morgan fingerprint density at radius 2 is 1.57 bits per heavy atom. The third-order valence-corrected chi connectivity index (χ3v) is 5.90. The monoisotopic (exact) mass is 482 g/mol. The highest BCUT2D eigenvalue weighted by molar-refractivity contribution is 5.90. The number of hydrogen-bond acceptors (Lipinski definition) is 5. The summed E-state index contributed by atoms with van der Waals surface area (Å²) in [6.07, 6.45) is -0.0706. The molecule has 1 aliphatic carbocycles. The molecule has 35 heavy (non-hydrogen) atoms. The average Bonchev–Trinajstić information content (AvgIpc) is 3.44. The second-order valence-electron chi connectivity index (χ2n) is 9.91. The van der Waals surface area contributed by atoms with Crippen molar-refractivity contribution >= 4 is 18.0 Å². The minimum atomic E-state index is -1.32. The number of aliphatic hydroxyl groups is 1. The van der Waals surface area contributed by atoms with E-state index >= 15 is 0 Å². The number of rotatable bonds is 5. The van der Waals surface area contributed by atoms with Gasteiger partial charge >= 0.3 is 12.1 Å². The minimum absolute atomic E-state index is 0.291. The number of amides is 2. The van der Waals surface area contributed by atoms with Crippen molar-refractivity contribution in [2.24, 2.45) is 0 Å². The Morgan fingerprint density at radius 1 is 1.00 bits per heavy atom. The lowest BCUT2D eigenvalue weighted by molar-refractivity contribution is -0.151. The molecule has 1 fully saturated rings. The van der Waals surface area contributed by atoms with Gasteiger partial charge in [-0.2, -0.15) is 0 Å². The number of carboxylic acids is 1. The van der Waals surface area contributed by atoms with Crippen molar-refractivity contribution < 1.29 is 29.3 Å². The molecule has 2 unspecified atom stereocenters. The summed E-state index contributed by atoms with van der Waals surface area (Å²) in [5, 5.41) is 22.1. The van der Waals surface area contributed by atoms with Gasteiger partial charge in [-0.05, 0) is 63.6 Å². The molecule has 3 N–H and O–H groups in total. The summed E-state index contributed by atoms with van der Waals surface area (Å²) in [6.45, 7) is 6.40. The van der Waals surface area contributed by atoms with E-state index in [0.717, 1.165) is 5.56 Å². The Hall–Kier alpha value is -3.39. The van der Waals surface area contributed by atoms with Crippen molar-refractivity contribution in [1.29, 1.82) is 0 Å². The number of aliphatic carboxylic acids is 1. The van der Waals surface area contributed by atoms with E-state index < -0.39 is 47.8 Å². The lowest BCUT2D eigenvalue weighted by Gasteiger charge is -2.33. The van der Waals surface area contributed by atoms with Gasteiger partial charge in [0.25, 0.3) is 0 Å². The Balaban J connectivity index is 0.000000410. The zero-order valence-electron chi connectivity index (χ0n) is 20.6. The standard InChI is InChI=1S/C20H28N2O6.C7H6/c1-12(23)16(21-19(27)28-20(2,3)4)17(24)22-14(10-11-15(22)18(25)26)13-8-6-5-7-9-13;1-2-4-7-5-6(7)3-1/h5-9,12,14-16,23H,10-11H2,1-4H3,(H,21,27)(H,25,26);1-4H,5H2/t12?,14-,15+,16?;/m0./s1. The molecular formula is C27H34N2O6. The van der Waals surface area contributed by atoms with Gasteiger partial charge in [0.05, 0.1) is 12.1 Å². The largest absolute Gasteiger partial charge is 0.480 e. The van der Waals surface area contributed by atoms with Crippen molar-refractivity contribution in [3.63, 3.8) is 0 Å². The number of nitrogens with one attached hydrogen (secondary N) is 1. The highest BCUT2D eigenvalue weighted by Crippen LogP contribution is 2.37. The zero-order chi connectivity index (χ0) is 25.8. The lowest BCUT2D eigenvalue weighted by Crippen LogP contribution is -2.56. The fraction of sp³-hybridized carbons (Fsp3) is 0.444. The quantitative estimate of drug-likeness (QED) is 0.511. The number of fused-ring (bicyclic) bond motifs is 1. The predicted molar refractivity (Wildman–Crippen MR) is 131 cm³/mol. The first-order valence-electron chi connectivity index (χ1n) is 11.8. The number of likely N-dealkylation sites (tertiary alicyclic amines) is 1. The van der Waals surface area contributed by atoms with E-state index in [1.54, 1.807) is 20.8 Å². The third-order valence-electron chi connectivity index (χ3n) is 5.90. The van der Waals surface area contributed by atoms with Crippen LogP contribution in [0.25, 0.3) is 0 Å². The molecular weight excluding hydrogens is 448 g/mol. The van der Waals surface area contributed by atoms with Crippen molar-refractivity contribution in [2.75, 3.05) is 0 Å². The number of alkyl carbamates (subject to hydrolysis) is 1. The Kier molecular flexibility index (Phi) is 8.17. The molecule has 8 heteroatoms. The van der Waals surface area contributed by atoms with E-state index in [0.29, 0.717) is 12.8 Å². The van der Waals surface area contributed by atoms with Crippen LogP contribution in [0.4, 0.5) is 4.79 Å². The van der Waals surface area contributed by atoms with E-state index in [-0.39, 0.29) is 0 Å². The van der Waals surface area contributed by atoms with Crippen molar-refractivity contribution in [1.82, 2.24) is 10.2 Å². The molecule has 0 spiro atoms. The maximum Gasteiger partial charge on any atom is 0.408 e. The minimum Gasteiger partial charge on any atom is -0.480 e. The Labute approximate surface area is 205 Å². The van der Waals surface area contributed by atoms with Gasteiger partial charge in [-0.3, -0.25) is 4.79 Å². The van der Waals surface area contributed by atoms with Crippen LogP contribution in [-0.2, 0) is 20.7 Å². The summed E-state index contributed by atoms with van der Waals surface area (Å²) in [7, 11) is 0. The molecule has 1 aliphatic heterocycles. The number of carboxylic acid groups (broad SMARTS) is 1. The molecule has 0 saturated carbocycles. The third kappa shape index (κ3) is 7.05. The zero-order valence-corrected chi connectivity index (χ0v) is 20.6. The summed E-state index contributed by atoms with van der Waals surface area (Å²) in [5.41, 5.74) is 3.09. The summed E-state index contributed by atoms with van der Waals surface area (Å²) < 4.78 is 5.17. The fourth-order valence-corrected chi connectivity index (χ4v) is 4.18. The summed E-state index contributed by atoms with van der Waals surface area (Å²) >= 11 is 0. The van der Waals surface area contributed by atoms with Crippen molar-refractivity contribution in [3.05, 3.63) is 71.3 Å². The summed E-state index contributed by atoms with van der Waals surface area (Å²) in [6, 6.07) is 14.9. The average molecular weight is 483 g/mol. The van der Waals surface area contributed by atoms with Crippen LogP contribution in [-0.4, -0.2) is 56.9 Å². The van der Waals surface area contributed by atoms with E-state index in [2.05, 4.69) is 29.6 Å². The van der Waals surface area contributed by atoms with Crippen LogP contribution in [0.1, 0.15) is 63.3 Å². The fourth-order valence-electron chi connectivity index (χ4n) is 4.18. The van der Waals surface area contributed by atoms with Crippen LogP contribution in [0.5, 0.6) is 0 Å². The molecule has 1 saturated heterocycles. The number of hydrogen-bond donors (Lipinski definition) is 3. The molecule has 0 aromatic heterocycles. The SMILES string of the molecule is CC(O)C(NC(=O)OC(C)(C)C)C(=O)N1[C@@H](C(=O)O)CC[C@H]1c1ccccc1.c1ccc2c(c1)C2. The van der Waals surface area contributed by atoms with Crippen LogP contribution in [0.15, 0.2) is 54.6 Å². The Morgan fingerprint density at radius 3 is 2.06 bits per heavy atom. The van der Waals surface area contributed by atoms with Gasteiger partial charge in [-0.15, -0.1) is 0 Å². The molecule has 188 valence electrons. The first kappa shape index (κ1) is 26.2. The van der Waals surface area contributed by atoms with Crippen LogP contribution in [0.3, 0.4) is 0 Å². The van der Waals surface area contributed by atoms with Gasteiger partial charge in [0.1, 0.15) is 17.7 Å². The first-order valence-corrected chi connectivity index (χ1v) is 11.8. The van der Waals surface area contributed by atoms with Gasteiger partial charge in [0.15, 0.2) is 0 Å². The van der Waals surface area contributed by atoms with E-state index in [1.165, 1.54) is 29.4 Å². The number of aliphatic hydroxyl groups excluding tert-OH is 1. The topological polar surface area (TPSA) is 116 Å². The molecule has 4 atom stereocenters. The van der Waals surface area contributed by atoms with Gasteiger partial charge in [0, 0.05) is 0 Å². The summed E-state index contributed by atoms with van der Waals surface area (Å²) in [4.78, 5) is 38.3. The molecule has 2 aromatic carbocycles. The Bertz CT molecular complexity index is 1030. The predicted octanol–water partition coefficient (Wildman–Crippen LogP) is 3.67. The summed E-state index contributed by atoms with van der Waals surface area (Å²) in [5.74, 6) is -1.77. The number of ether oxygens (including phenoxy) is 1. The van der Waals surface area contributed by atoms with Crippen LogP contribution >= 0.6 is 0 Å². The lowest BCUT2D eigenvalue weighted by atomic mass is 10.0. The number of carbonyl (C=O) groups excluding carboxylic acids is 2. The first-order chi connectivity index (χ1) is 16.5. The molecule has 0 radical (unpaired) electrons. The van der Waals surface area contributed by atoms with Crippen LogP contribution in [0.2, 0.25) is 0 Å². The van der Waals surface area contributed by atoms with E-state index in [4.69, 9.17) is 4.74 Å². The molecule has 2 aliphatic rings. The highest BCUT2D eigenvalue weighted by atomic mass is 16.6. The number of carbonyl (C=O) groups is 3. The molecule has 4 rings (SSSR count). The van der Waals surface area contributed by atoms with Crippen molar-refractivity contribution in [2.45, 2.75) is 76.8 Å². The second kappa shape index (κ2) is 10.9. The smallest absolute Gasteiger partial charge is 0.408 e. The molecule has 2 aromatic rings. The highest BCUT2D eigenvalue weighted by Gasteiger charge is 2.45. The van der Waals surface area contributed by atoms with E-state index in [1.807, 2.05) is 30.3 Å². The molecule has 1 heterocycles. The van der Waals surface area contributed by atoms with E-state index in [9.17, 15) is 24.6 Å². The maximum atomic E-state index is 13.2. The van der Waals surface area contributed by atoms with Gasteiger partial charge < -0.3 is 25.2 Å². The number of benzene rings is 2.